The third-order valence-corrected chi connectivity index (χ3v) is 8.47. The molecule has 2 atom stereocenters. The van der Waals surface area contributed by atoms with Crippen LogP contribution >= 0.6 is 15.4 Å². The van der Waals surface area contributed by atoms with Crippen LogP contribution in [0.5, 0.6) is 0 Å². The number of hydrogen-bond acceptors (Lipinski definition) is 3. The van der Waals surface area contributed by atoms with Gasteiger partial charge < -0.3 is 0 Å². The summed E-state index contributed by atoms with van der Waals surface area (Å²) >= 11 is 0. The molecule has 0 bridgehead atoms. The minimum Gasteiger partial charge on any atom is -0.291 e. The van der Waals surface area contributed by atoms with E-state index in [1.807, 2.05) is 54.6 Å². The quantitative estimate of drug-likeness (QED) is 0.569. The predicted octanol–water partition coefficient (Wildman–Crippen LogP) is 4.65. The maximum Gasteiger partial charge on any atom is 0.238 e. The molecule has 3 aromatic rings. The molecule has 0 spiro atoms. The van der Waals surface area contributed by atoms with Crippen molar-refractivity contribution in [2.45, 2.75) is 6.42 Å². The zero-order valence-electron chi connectivity index (χ0n) is 13.7. The molecule has 0 amide bonds. The zero-order chi connectivity index (χ0) is 17.5. The maximum atomic E-state index is 13.6. The Kier molecular flexibility index (Phi) is 6.04. The Hall–Kier alpha value is -1.92. The molecule has 0 heterocycles. The second-order valence-electron chi connectivity index (χ2n) is 5.71. The highest BCUT2D eigenvalue weighted by Crippen LogP contribution is 2.53. The van der Waals surface area contributed by atoms with Crippen LogP contribution in [0, 0.1) is 0 Å². The van der Waals surface area contributed by atoms with Gasteiger partial charge in [-0.2, -0.15) is 0 Å². The van der Waals surface area contributed by atoms with E-state index >= 15 is 0 Å². The largest absolute Gasteiger partial charge is 0.291 e. The fourth-order valence-corrected chi connectivity index (χ4v) is 6.75. The number of benzene rings is 3. The molecular weight excluding hydrogens is 350 g/mol. The summed E-state index contributed by atoms with van der Waals surface area (Å²) in [5.74, 6) is 0. The monoisotopic (exact) mass is 370 g/mol. The molecule has 0 N–H and O–H groups in total. The third-order valence-electron chi connectivity index (χ3n) is 3.93. The van der Waals surface area contributed by atoms with Gasteiger partial charge in [0.15, 0.2) is 0 Å². The average molecular weight is 370 g/mol. The lowest BCUT2D eigenvalue weighted by molar-refractivity contribution is 0.485. The van der Waals surface area contributed by atoms with Gasteiger partial charge in [0.05, 0.1) is 0 Å². The molecule has 5 heteroatoms. The van der Waals surface area contributed by atoms with Crippen molar-refractivity contribution in [2.75, 3.05) is 6.16 Å². The van der Waals surface area contributed by atoms with Crippen LogP contribution in [0.2, 0.25) is 0 Å². The van der Waals surface area contributed by atoms with Crippen molar-refractivity contribution >= 4 is 26.0 Å². The first-order chi connectivity index (χ1) is 12.2. The first kappa shape index (κ1) is 17.9. The van der Waals surface area contributed by atoms with Gasteiger partial charge in [0.2, 0.25) is 15.4 Å². The summed E-state index contributed by atoms with van der Waals surface area (Å²) in [7, 11) is -5.81. The Morgan fingerprint density at radius 2 is 1.28 bits per heavy atom. The van der Waals surface area contributed by atoms with Crippen molar-refractivity contribution in [3.05, 3.63) is 96.6 Å². The minimum atomic E-state index is -3.23. The fraction of sp³-hybridized carbons (Fsp3) is 0.100. The van der Waals surface area contributed by atoms with E-state index in [-0.39, 0.29) is 0 Å². The molecule has 25 heavy (non-hydrogen) atoms. The lowest BCUT2D eigenvalue weighted by atomic mass is 10.2. The molecule has 0 saturated carbocycles. The van der Waals surface area contributed by atoms with Gasteiger partial charge >= 0.3 is 0 Å². The topological polar surface area (TPSA) is 43.4 Å². The van der Waals surface area contributed by atoms with Crippen LogP contribution in [0.3, 0.4) is 0 Å². The van der Waals surface area contributed by atoms with E-state index < -0.39 is 15.4 Å². The molecule has 0 aromatic heterocycles. The molecule has 3 nitrogen and oxygen atoms in total. The summed E-state index contributed by atoms with van der Waals surface area (Å²) in [6, 6.07) is 27.9. The van der Waals surface area contributed by atoms with Crippen LogP contribution in [0.4, 0.5) is 0 Å². The molecule has 128 valence electrons. The van der Waals surface area contributed by atoms with E-state index in [4.69, 9.17) is 4.31 Å². The summed E-state index contributed by atoms with van der Waals surface area (Å²) in [5.41, 5.74) is 1.08. The van der Waals surface area contributed by atoms with Gasteiger partial charge in [0.1, 0.15) is 0 Å². The molecule has 0 fully saturated rings. The lowest BCUT2D eigenvalue weighted by Gasteiger charge is -2.19. The Balaban J connectivity index is 1.84. The van der Waals surface area contributed by atoms with Crippen molar-refractivity contribution in [3.63, 3.8) is 0 Å². The van der Waals surface area contributed by atoms with E-state index in [1.165, 1.54) is 0 Å². The molecule has 0 aliphatic rings. The van der Waals surface area contributed by atoms with Crippen LogP contribution in [-0.2, 0) is 19.9 Å². The highest BCUT2D eigenvalue weighted by atomic mass is 31.2. The minimum absolute atomic E-state index is 0.324. The number of hydrogen-bond donors (Lipinski definition) is 0. The number of rotatable bonds is 7. The molecule has 0 aliphatic heterocycles. The Labute approximate surface area is 149 Å². The molecule has 2 unspecified atom stereocenters. The van der Waals surface area contributed by atoms with Gasteiger partial charge in [-0.25, -0.2) is 0 Å². The summed E-state index contributed by atoms with van der Waals surface area (Å²) in [6.45, 7) is 0. The highest BCUT2D eigenvalue weighted by Gasteiger charge is 2.28. The van der Waals surface area contributed by atoms with Gasteiger partial charge in [0.25, 0.3) is 0 Å². The van der Waals surface area contributed by atoms with Crippen LogP contribution in [0.1, 0.15) is 5.56 Å². The lowest BCUT2D eigenvalue weighted by Crippen LogP contribution is -2.11. The van der Waals surface area contributed by atoms with Gasteiger partial charge in [-0.05, 0) is 36.2 Å². The average Bonchev–Trinajstić information content (AvgIpc) is 2.68. The van der Waals surface area contributed by atoms with Crippen molar-refractivity contribution in [2.24, 2.45) is 0 Å². The van der Waals surface area contributed by atoms with E-state index in [2.05, 4.69) is 0 Å². The van der Waals surface area contributed by atoms with Gasteiger partial charge in [-0.15, -0.1) is 0 Å². The Bertz CT molecular complexity index is 865. The molecule has 0 aliphatic carbocycles. The van der Waals surface area contributed by atoms with Crippen molar-refractivity contribution in [1.82, 2.24) is 0 Å². The second kappa shape index (κ2) is 8.45. The van der Waals surface area contributed by atoms with Gasteiger partial charge in [-0.1, -0.05) is 66.7 Å². The summed E-state index contributed by atoms with van der Waals surface area (Å²) in [5, 5.41) is 1.20. The smallest absolute Gasteiger partial charge is 0.238 e. The SMILES string of the molecule is O=[PH](OP(=O)(CCc1ccccc1)c1ccccc1)c1ccccc1. The third kappa shape index (κ3) is 4.80. The number of aryl methyl sites for hydroxylation is 1. The van der Waals surface area contributed by atoms with Crippen molar-refractivity contribution < 1.29 is 13.4 Å². The first-order valence-corrected chi connectivity index (χ1v) is 11.3. The standard InChI is InChI=1S/C20H20O3P2/c21-24(19-12-6-2-7-13-19)23-25(22,20-14-8-3-9-15-20)17-16-18-10-4-1-5-11-18/h1-15,24H,16-17H2. The van der Waals surface area contributed by atoms with Crippen LogP contribution < -0.4 is 10.6 Å². The van der Waals surface area contributed by atoms with E-state index in [9.17, 15) is 9.13 Å². The Morgan fingerprint density at radius 1 is 0.760 bits per heavy atom. The summed E-state index contributed by atoms with van der Waals surface area (Å²) in [4.78, 5) is 0. The summed E-state index contributed by atoms with van der Waals surface area (Å²) in [6.07, 6.45) is 0.932. The molecular formula is C20H20O3P2. The Morgan fingerprint density at radius 3 is 1.88 bits per heavy atom. The van der Waals surface area contributed by atoms with E-state index in [0.29, 0.717) is 23.2 Å². The predicted molar refractivity (Wildman–Crippen MR) is 105 cm³/mol. The van der Waals surface area contributed by atoms with Gasteiger partial charge in [-0.3, -0.25) is 13.4 Å². The highest BCUT2D eigenvalue weighted by molar-refractivity contribution is 7.73. The van der Waals surface area contributed by atoms with Gasteiger partial charge in [0, 0.05) is 16.8 Å². The molecule has 0 saturated heterocycles. The molecule has 3 aromatic carbocycles. The maximum absolute atomic E-state index is 13.6. The first-order valence-electron chi connectivity index (χ1n) is 8.15. The fourth-order valence-electron chi connectivity index (χ4n) is 2.56. The summed E-state index contributed by atoms with van der Waals surface area (Å²) < 4.78 is 31.9. The zero-order valence-corrected chi connectivity index (χ0v) is 15.6. The molecule has 3 rings (SSSR count). The van der Waals surface area contributed by atoms with E-state index in [1.54, 1.807) is 36.4 Å². The van der Waals surface area contributed by atoms with E-state index in [0.717, 1.165) is 5.56 Å². The van der Waals surface area contributed by atoms with Crippen LogP contribution in [-0.4, -0.2) is 6.16 Å². The van der Waals surface area contributed by atoms with Crippen molar-refractivity contribution in [3.8, 4) is 0 Å². The second-order valence-corrected chi connectivity index (χ2v) is 9.91. The normalized spacial score (nSPS) is 14.6. The van der Waals surface area contributed by atoms with Crippen molar-refractivity contribution in [1.29, 1.82) is 0 Å². The molecule has 0 radical (unpaired) electrons. The van der Waals surface area contributed by atoms with Crippen LogP contribution in [0.15, 0.2) is 91.0 Å². The van der Waals surface area contributed by atoms with Crippen LogP contribution in [0.25, 0.3) is 0 Å².